The van der Waals surface area contributed by atoms with Gasteiger partial charge in [-0.2, -0.15) is 0 Å². The first-order chi connectivity index (χ1) is 8.54. The topological polar surface area (TPSA) is 35.5 Å². The Kier molecular flexibility index (Phi) is 3.66. The summed E-state index contributed by atoms with van der Waals surface area (Å²) >= 11 is 0. The normalized spacial score (nSPS) is 18.8. The second-order valence-electron chi connectivity index (χ2n) is 5.14. The Hall–Kier alpha value is -1.42. The van der Waals surface area contributed by atoms with Gasteiger partial charge in [-0.05, 0) is 24.1 Å². The molecule has 1 unspecified atom stereocenters. The number of hydrogen-bond acceptors (Lipinski definition) is 3. The van der Waals surface area contributed by atoms with Gasteiger partial charge < -0.3 is 9.47 Å². The summed E-state index contributed by atoms with van der Waals surface area (Å²) in [6, 6.07) is 6.13. The first-order valence-electron chi connectivity index (χ1n) is 5.95. The van der Waals surface area contributed by atoms with E-state index >= 15 is 0 Å². The van der Waals surface area contributed by atoms with Gasteiger partial charge in [0, 0.05) is 5.41 Å². The molecule has 0 aliphatic carbocycles. The van der Waals surface area contributed by atoms with Gasteiger partial charge in [0.25, 0.3) is 0 Å². The summed E-state index contributed by atoms with van der Waals surface area (Å²) in [6.07, 6.45) is 0.614. The average Bonchev–Trinajstić information content (AvgIpc) is 2.33. The lowest BCUT2D eigenvalue weighted by Crippen LogP contribution is -2.42. The van der Waals surface area contributed by atoms with Crippen molar-refractivity contribution >= 4 is 5.97 Å². The fourth-order valence-corrected chi connectivity index (χ4v) is 2.26. The lowest BCUT2D eigenvalue weighted by atomic mass is 9.77. The maximum absolute atomic E-state index is 13.2. The summed E-state index contributed by atoms with van der Waals surface area (Å²) in [7, 11) is 1.36. The zero-order valence-corrected chi connectivity index (χ0v) is 10.6. The fourth-order valence-electron chi connectivity index (χ4n) is 2.26. The Morgan fingerprint density at radius 2 is 2.28 bits per heavy atom. The third kappa shape index (κ3) is 2.70. The van der Waals surface area contributed by atoms with Gasteiger partial charge in [0.2, 0.25) is 0 Å². The molecule has 3 nitrogen and oxygen atoms in total. The van der Waals surface area contributed by atoms with Crippen LogP contribution in [0.1, 0.15) is 24.8 Å². The van der Waals surface area contributed by atoms with E-state index in [9.17, 15) is 9.18 Å². The summed E-state index contributed by atoms with van der Waals surface area (Å²) in [4.78, 5) is 11.9. The van der Waals surface area contributed by atoms with E-state index in [1.54, 1.807) is 12.1 Å². The van der Waals surface area contributed by atoms with Crippen LogP contribution in [-0.2, 0) is 14.3 Å². The quantitative estimate of drug-likeness (QED) is 0.772. The average molecular weight is 252 g/mol. The SMILES string of the molecule is COC(=O)C(CC1(C)COC1)c1cccc(F)c1. The van der Waals surface area contributed by atoms with Crippen LogP contribution < -0.4 is 0 Å². The van der Waals surface area contributed by atoms with Crippen LogP contribution in [0.3, 0.4) is 0 Å². The summed E-state index contributed by atoms with van der Waals surface area (Å²) in [5.41, 5.74) is 0.639. The first kappa shape index (κ1) is 13.0. The molecule has 0 bridgehead atoms. The molecular formula is C14H17FO3. The lowest BCUT2D eigenvalue weighted by molar-refractivity contribution is -0.148. The van der Waals surface area contributed by atoms with Crippen LogP contribution in [-0.4, -0.2) is 26.3 Å². The number of carbonyl (C=O) groups is 1. The molecule has 1 aromatic carbocycles. The molecule has 0 aromatic heterocycles. The summed E-state index contributed by atoms with van der Waals surface area (Å²) < 4.78 is 23.3. The van der Waals surface area contributed by atoms with Gasteiger partial charge in [0.1, 0.15) is 5.82 Å². The maximum Gasteiger partial charge on any atom is 0.313 e. The van der Waals surface area contributed by atoms with Crippen molar-refractivity contribution in [2.24, 2.45) is 5.41 Å². The van der Waals surface area contributed by atoms with Crippen molar-refractivity contribution in [3.05, 3.63) is 35.6 Å². The summed E-state index contributed by atoms with van der Waals surface area (Å²) in [5, 5.41) is 0. The predicted molar refractivity (Wildman–Crippen MR) is 64.7 cm³/mol. The van der Waals surface area contributed by atoms with Gasteiger partial charge in [-0.25, -0.2) is 4.39 Å². The molecule has 0 spiro atoms. The highest BCUT2D eigenvalue weighted by Crippen LogP contribution is 2.38. The number of halogens is 1. The second kappa shape index (κ2) is 5.06. The van der Waals surface area contributed by atoms with E-state index in [4.69, 9.17) is 9.47 Å². The van der Waals surface area contributed by atoms with E-state index < -0.39 is 5.92 Å². The Bertz CT molecular complexity index is 440. The number of carbonyl (C=O) groups excluding carboxylic acids is 1. The lowest BCUT2D eigenvalue weighted by Gasteiger charge is -2.40. The van der Waals surface area contributed by atoms with Crippen molar-refractivity contribution in [1.82, 2.24) is 0 Å². The van der Waals surface area contributed by atoms with Crippen molar-refractivity contribution in [1.29, 1.82) is 0 Å². The highest BCUT2D eigenvalue weighted by molar-refractivity contribution is 5.78. The van der Waals surface area contributed by atoms with Crippen molar-refractivity contribution in [2.45, 2.75) is 19.3 Å². The van der Waals surface area contributed by atoms with Crippen LogP contribution in [0, 0.1) is 11.2 Å². The summed E-state index contributed by atoms with van der Waals surface area (Å²) in [6.45, 7) is 3.33. The third-order valence-electron chi connectivity index (χ3n) is 3.33. The molecule has 4 heteroatoms. The molecule has 0 radical (unpaired) electrons. The van der Waals surface area contributed by atoms with E-state index in [2.05, 4.69) is 6.92 Å². The summed E-state index contributed by atoms with van der Waals surface area (Å²) in [5.74, 6) is -1.09. The molecule has 2 rings (SSSR count). The minimum absolute atomic E-state index is 0.0226. The highest BCUT2D eigenvalue weighted by Gasteiger charge is 2.38. The first-order valence-corrected chi connectivity index (χ1v) is 5.95. The number of ether oxygens (including phenoxy) is 2. The van der Waals surface area contributed by atoms with Crippen LogP contribution in [0.15, 0.2) is 24.3 Å². The van der Waals surface area contributed by atoms with Crippen molar-refractivity contribution in [3.63, 3.8) is 0 Å². The Morgan fingerprint density at radius 3 is 2.78 bits per heavy atom. The molecule has 0 amide bonds. The van der Waals surface area contributed by atoms with E-state index in [1.807, 2.05) is 0 Å². The zero-order chi connectivity index (χ0) is 13.2. The fraction of sp³-hybridized carbons (Fsp3) is 0.500. The van der Waals surface area contributed by atoms with Crippen molar-refractivity contribution in [2.75, 3.05) is 20.3 Å². The minimum Gasteiger partial charge on any atom is -0.469 e. The highest BCUT2D eigenvalue weighted by atomic mass is 19.1. The maximum atomic E-state index is 13.2. The molecular weight excluding hydrogens is 235 g/mol. The van der Waals surface area contributed by atoms with Gasteiger partial charge in [-0.1, -0.05) is 19.1 Å². The van der Waals surface area contributed by atoms with Gasteiger partial charge in [0.15, 0.2) is 0 Å². The molecule has 1 aliphatic heterocycles. The van der Waals surface area contributed by atoms with Gasteiger partial charge in [0.05, 0.1) is 26.2 Å². The molecule has 1 atom stereocenters. The van der Waals surface area contributed by atoms with Crippen molar-refractivity contribution < 1.29 is 18.7 Å². The number of esters is 1. The number of hydrogen-bond donors (Lipinski definition) is 0. The van der Waals surface area contributed by atoms with E-state index in [-0.39, 0.29) is 17.2 Å². The molecule has 1 aromatic rings. The number of benzene rings is 1. The van der Waals surface area contributed by atoms with Gasteiger partial charge in [-0.15, -0.1) is 0 Å². The van der Waals surface area contributed by atoms with Crippen LogP contribution in [0.25, 0.3) is 0 Å². The Balaban J connectivity index is 2.22. The second-order valence-corrected chi connectivity index (χ2v) is 5.14. The van der Waals surface area contributed by atoms with Gasteiger partial charge in [-0.3, -0.25) is 4.79 Å². The smallest absolute Gasteiger partial charge is 0.313 e. The molecule has 0 saturated carbocycles. The number of methoxy groups -OCH3 is 1. The van der Waals surface area contributed by atoms with Gasteiger partial charge >= 0.3 is 5.97 Å². The van der Waals surface area contributed by atoms with Crippen LogP contribution in [0.5, 0.6) is 0 Å². The molecule has 0 N–H and O–H groups in total. The molecule has 18 heavy (non-hydrogen) atoms. The van der Waals surface area contributed by atoms with E-state index in [0.717, 1.165) is 0 Å². The molecule has 1 fully saturated rings. The standard InChI is InChI=1S/C14H17FO3/c1-14(8-18-9-14)7-12(13(16)17-2)10-4-3-5-11(15)6-10/h3-6,12H,7-9H2,1-2H3. The molecule has 98 valence electrons. The monoisotopic (exact) mass is 252 g/mol. The molecule has 1 saturated heterocycles. The Labute approximate surface area is 106 Å². The van der Waals surface area contributed by atoms with Crippen molar-refractivity contribution in [3.8, 4) is 0 Å². The van der Waals surface area contributed by atoms with Crippen LogP contribution in [0.2, 0.25) is 0 Å². The number of rotatable bonds is 4. The third-order valence-corrected chi connectivity index (χ3v) is 3.33. The van der Waals surface area contributed by atoms with E-state index in [1.165, 1.54) is 19.2 Å². The molecule has 1 aliphatic rings. The van der Waals surface area contributed by atoms with Crippen LogP contribution >= 0.6 is 0 Å². The minimum atomic E-state index is -0.431. The predicted octanol–water partition coefficient (Wildman–Crippen LogP) is 2.51. The largest absolute Gasteiger partial charge is 0.469 e. The van der Waals surface area contributed by atoms with Crippen LogP contribution in [0.4, 0.5) is 4.39 Å². The zero-order valence-electron chi connectivity index (χ0n) is 10.6. The van der Waals surface area contributed by atoms with E-state index in [0.29, 0.717) is 25.2 Å². The Morgan fingerprint density at radius 1 is 1.56 bits per heavy atom. The molecule has 1 heterocycles.